The van der Waals surface area contributed by atoms with E-state index in [2.05, 4.69) is 9.97 Å². The van der Waals surface area contributed by atoms with Crippen LogP contribution in [0.4, 0.5) is 0 Å². The molecule has 0 aliphatic rings. The summed E-state index contributed by atoms with van der Waals surface area (Å²) in [5.41, 5.74) is 1.52. The molecule has 0 spiro atoms. The summed E-state index contributed by atoms with van der Waals surface area (Å²) in [5.74, 6) is 0.958. The van der Waals surface area contributed by atoms with Crippen molar-refractivity contribution < 1.29 is 17.3 Å². The highest BCUT2D eigenvalue weighted by molar-refractivity contribution is 7.85. The minimum absolute atomic E-state index is 0.157. The van der Waals surface area contributed by atoms with E-state index in [9.17, 15) is 8.42 Å². The summed E-state index contributed by atoms with van der Waals surface area (Å²) in [6, 6.07) is 9.24. The Morgan fingerprint density at radius 1 is 1.17 bits per heavy atom. The molecule has 0 N–H and O–H groups in total. The molecule has 120 valence electrons. The number of nitrogens with zero attached hydrogens (tertiary/aromatic N) is 3. The van der Waals surface area contributed by atoms with Gasteiger partial charge in [-0.1, -0.05) is 0 Å². The highest BCUT2D eigenvalue weighted by Crippen LogP contribution is 2.25. The molecule has 0 aliphatic heterocycles. The van der Waals surface area contributed by atoms with Crippen LogP contribution in [0, 0.1) is 0 Å². The van der Waals surface area contributed by atoms with Crippen LogP contribution in [0.3, 0.4) is 0 Å². The summed E-state index contributed by atoms with van der Waals surface area (Å²) in [5, 5.41) is 1.06. The Labute approximate surface area is 133 Å². The van der Waals surface area contributed by atoms with E-state index in [1.807, 2.05) is 42.1 Å². The van der Waals surface area contributed by atoms with Crippen LogP contribution in [0.1, 0.15) is 5.69 Å². The zero-order valence-electron chi connectivity index (χ0n) is 12.6. The second-order valence-corrected chi connectivity index (χ2v) is 6.71. The number of fused-ring (bicyclic) bond motifs is 1. The van der Waals surface area contributed by atoms with Crippen LogP contribution in [0.5, 0.6) is 11.6 Å². The Morgan fingerprint density at radius 2 is 2.00 bits per heavy atom. The van der Waals surface area contributed by atoms with Gasteiger partial charge in [-0.25, -0.2) is 9.97 Å². The molecule has 0 amide bonds. The molecule has 0 bridgehead atoms. The van der Waals surface area contributed by atoms with Crippen molar-refractivity contribution in [2.45, 2.75) is 6.61 Å². The fourth-order valence-electron chi connectivity index (χ4n) is 2.12. The first kappa shape index (κ1) is 15.4. The van der Waals surface area contributed by atoms with Crippen molar-refractivity contribution in [3.63, 3.8) is 0 Å². The topological polar surface area (TPSA) is 83.3 Å². The largest absolute Gasteiger partial charge is 0.439 e. The molecule has 3 rings (SSSR count). The molecule has 8 heteroatoms. The smallest absolute Gasteiger partial charge is 0.264 e. The number of hydrogen-bond donors (Lipinski definition) is 0. The van der Waals surface area contributed by atoms with Crippen LogP contribution < -0.4 is 4.74 Å². The Morgan fingerprint density at radius 3 is 2.78 bits per heavy atom. The fourth-order valence-corrected chi connectivity index (χ4v) is 2.46. The normalized spacial score (nSPS) is 11.7. The van der Waals surface area contributed by atoms with E-state index in [0.29, 0.717) is 17.3 Å². The van der Waals surface area contributed by atoms with Gasteiger partial charge in [0.15, 0.2) is 0 Å². The lowest BCUT2D eigenvalue weighted by atomic mass is 10.2. The first-order chi connectivity index (χ1) is 10.9. The summed E-state index contributed by atoms with van der Waals surface area (Å²) < 4.78 is 34.4. The van der Waals surface area contributed by atoms with E-state index in [-0.39, 0.29) is 6.61 Å². The van der Waals surface area contributed by atoms with Crippen LogP contribution in [0.25, 0.3) is 10.9 Å². The second-order valence-electron chi connectivity index (χ2n) is 5.06. The molecule has 0 saturated heterocycles. The van der Waals surface area contributed by atoms with Gasteiger partial charge in [-0.3, -0.25) is 4.18 Å². The van der Waals surface area contributed by atoms with Crippen molar-refractivity contribution in [2.75, 3.05) is 6.26 Å². The monoisotopic (exact) mass is 333 g/mol. The van der Waals surface area contributed by atoms with Gasteiger partial charge in [0.25, 0.3) is 10.1 Å². The number of ether oxygens (including phenoxy) is 1. The molecular formula is C15H15N3O4S. The minimum Gasteiger partial charge on any atom is -0.439 e. The second kappa shape index (κ2) is 5.98. The van der Waals surface area contributed by atoms with Crippen LogP contribution in [0.2, 0.25) is 0 Å². The number of aromatic nitrogens is 3. The van der Waals surface area contributed by atoms with Crippen molar-refractivity contribution >= 4 is 21.0 Å². The predicted molar refractivity (Wildman–Crippen MR) is 84.7 cm³/mol. The maximum absolute atomic E-state index is 11.0. The van der Waals surface area contributed by atoms with Crippen LogP contribution >= 0.6 is 0 Å². The molecule has 0 atom stereocenters. The highest BCUT2D eigenvalue weighted by atomic mass is 32.2. The fraction of sp³-hybridized carbons (Fsp3) is 0.200. The maximum atomic E-state index is 11.0. The van der Waals surface area contributed by atoms with Crippen LogP contribution in [-0.4, -0.2) is 29.2 Å². The van der Waals surface area contributed by atoms with Crippen molar-refractivity contribution in [1.82, 2.24) is 14.5 Å². The predicted octanol–water partition coefficient (Wildman–Crippen LogP) is 2.24. The van der Waals surface area contributed by atoms with E-state index in [1.165, 1.54) is 6.33 Å². The number of rotatable bonds is 5. The Hall–Kier alpha value is -2.45. The zero-order valence-corrected chi connectivity index (χ0v) is 13.4. The number of hydrogen-bond acceptors (Lipinski definition) is 6. The van der Waals surface area contributed by atoms with Gasteiger partial charge < -0.3 is 9.30 Å². The Bertz CT molecular complexity index is 950. The van der Waals surface area contributed by atoms with Crippen LogP contribution in [0.15, 0.2) is 42.9 Å². The third kappa shape index (κ3) is 3.85. The summed E-state index contributed by atoms with van der Waals surface area (Å²) in [7, 11) is -1.55. The molecule has 1 aromatic carbocycles. The van der Waals surface area contributed by atoms with E-state index >= 15 is 0 Å². The van der Waals surface area contributed by atoms with Crippen molar-refractivity contribution in [3.05, 3.63) is 48.5 Å². The molecule has 0 radical (unpaired) electrons. The van der Waals surface area contributed by atoms with Gasteiger partial charge in [0.1, 0.15) is 18.7 Å². The first-order valence-corrected chi connectivity index (χ1v) is 8.61. The van der Waals surface area contributed by atoms with Gasteiger partial charge in [0.2, 0.25) is 5.88 Å². The van der Waals surface area contributed by atoms with Gasteiger partial charge in [-0.05, 0) is 24.3 Å². The molecule has 0 fully saturated rings. The molecule has 0 saturated carbocycles. The third-order valence-electron chi connectivity index (χ3n) is 3.20. The van der Waals surface area contributed by atoms with Gasteiger partial charge in [-0.2, -0.15) is 8.42 Å². The molecule has 3 aromatic rings. The zero-order chi connectivity index (χ0) is 16.4. The molecular weight excluding hydrogens is 318 g/mol. The lowest BCUT2D eigenvalue weighted by Gasteiger charge is -2.07. The lowest BCUT2D eigenvalue weighted by molar-refractivity contribution is 0.306. The highest BCUT2D eigenvalue weighted by Gasteiger charge is 2.07. The molecule has 0 aliphatic carbocycles. The van der Waals surface area contributed by atoms with Crippen molar-refractivity contribution in [2.24, 2.45) is 7.05 Å². The van der Waals surface area contributed by atoms with Crippen LogP contribution in [-0.2, 0) is 28.0 Å². The average Bonchev–Trinajstić information content (AvgIpc) is 2.86. The molecule has 23 heavy (non-hydrogen) atoms. The summed E-state index contributed by atoms with van der Waals surface area (Å²) in [4.78, 5) is 7.97. The summed E-state index contributed by atoms with van der Waals surface area (Å²) in [6.07, 6.45) is 4.26. The SMILES string of the molecule is Cn1ccc2cc(Oc3cc(COS(C)(=O)=O)ncn3)ccc21. The Balaban J connectivity index is 1.78. The van der Waals surface area contributed by atoms with Gasteiger partial charge in [-0.15, -0.1) is 0 Å². The Kier molecular flexibility index (Phi) is 4.01. The summed E-state index contributed by atoms with van der Waals surface area (Å²) >= 11 is 0. The number of benzene rings is 1. The summed E-state index contributed by atoms with van der Waals surface area (Å²) in [6.45, 7) is -0.157. The van der Waals surface area contributed by atoms with Crippen molar-refractivity contribution in [1.29, 1.82) is 0 Å². The van der Waals surface area contributed by atoms with Gasteiger partial charge in [0, 0.05) is 30.2 Å². The van der Waals surface area contributed by atoms with E-state index < -0.39 is 10.1 Å². The third-order valence-corrected chi connectivity index (χ3v) is 3.74. The quantitative estimate of drug-likeness (QED) is 0.666. The molecule has 0 unspecified atom stereocenters. The lowest BCUT2D eigenvalue weighted by Crippen LogP contribution is -2.04. The average molecular weight is 333 g/mol. The van der Waals surface area contributed by atoms with Gasteiger partial charge in [0.05, 0.1) is 11.9 Å². The number of aryl methyl sites for hydroxylation is 1. The van der Waals surface area contributed by atoms with E-state index in [0.717, 1.165) is 17.2 Å². The molecule has 7 nitrogen and oxygen atoms in total. The molecule has 2 heterocycles. The standard InChI is InChI=1S/C15H15N3O4S/c1-18-6-5-11-7-13(3-4-14(11)18)22-15-8-12(16-10-17-15)9-21-23(2,19)20/h3-8,10H,9H2,1-2H3. The van der Waals surface area contributed by atoms with E-state index in [4.69, 9.17) is 8.92 Å². The van der Waals surface area contributed by atoms with Crippen molar-refractivity contribution in [3.8, 4) is 11.6 Å². The van der Waals surface area contributed by atoms with Gasteiger partial charge >= 0.3 is 0 Å². The maximum Gasteiger partial charge on any atom is 0.264 e. The first-order valence-electron chi connectivity index (χ1n) is 6.79. The van der Waals surface area contributed by atoms with E-state index in [1.54, 1.807) is 6.07 Å². The molecule has 2 aromatic heterocycles. The minimum atomic E-state index is -3.52.